The van der Waals surface area contributed by atoms with Crippen molar-refractivity contribution in [2.24, 2.45) is 16.2 Å². The third kappa shape index (κ3) is 0.841. The van der Waals surface area contributed by atoms with Crippen molar-refractivity contribution >= 4 is 0 Å². The predicted molar refractivity (Wildman–Crippen MR) is 69.1 cm³/mol. The molecule has 3 aliphatic carbocycles. The number of allylic oxidation sites excluding steroid dienone is 8. The Morgan fingerprint density at radius 1 is 0.938 bits per heavy atom. The van der Waals surface area contributed by atoms with Gasteiger partial charge >= 0.3 is 0 Å². The number of hydrogen-bond acceptors (Lipinski definition) is 0. The molecule has 0 bridgehead atoms. The molecular weight excluding hydrogens is 192 g/mol. The summed E-state index contributed by atoms with van der Waals surface area (Å²) in [5.74, 6) is 0. The molecule has 0 radical (unpaired) electrons. The normalized spacial score (nSPS) is 42.8. The van der Waals surface area contributed by atoms with Crippen LogP contribution in [-0.4, -0.2) is 0 Å². The van der Waals surface area contributed by atoms with E-state index in [1.165, 1.54) is 17.6 Å². The Kier molecular flexibility index (Phi) is 1.65. The molecule has 0 saturated heterocycles. The molecule has 0 fully saturated rings. The molecule has 3 rings (SSSR count). The first-order chi connectivity index (χ1) is 7.42. The maximum atomic E-state index is 2.49. The molecule has 0 spiro atoms. The SMILES string of the molecule is CC1(C)C=C2C=CC=CC3=CCC1(C)C32C. The van der Waals surface area contributed by atoms with E-state index in [4.69, 9.17) is 0 Å². The van der Waals surface area contributed by atoms with Crippen molar-refractivity contribution in [1.29, 1.82) is 0 Å². The predicted octanol–water partition coefficient (Wildman–Crippen LogP) is 4.42. The number of hydrogen-bond donors (Lipinski definition) is 0. The van der Waals surface area contributed by atoms with Gasteiger partial charge in [0.15, 0.2) is 0 Å². The maximum Gasteiger partial charge on any atom is 0.0233 e. The highest BCUT2D eigenvalue weighted by Crippen LogP contribution is 2.70. The van der Waals surface area contributed by atoms with E-state index in [1.54, 1.807) is 0 Å². The molecule has 2 unspecified atom stereocenters. The second kappa shape index (κ2) is 2.61. The molecule has 0 aromatic rings. The molecule has 0 saturated carbocycles. The third-order valence-corrected chi connectivity index (χ3v) is 5.59. The zero-order chi connectivity index (χ0) is 11.6. The Balaban J connectivity index is 2.30. The van der Waals surface area contributed by atoms with Crippen molar-refractivity contribution in [2.45, 2.75) is 34.1 Å². The van der Waals surface area contributed by atoms with Crippen LogP contribution in [0.3, 0.4) is 0 Å². The summed E-state index contributed by atoms with van der Waals surface area (Å²) in [5, 5.41) is 0. The first kappa shape index (κ1) is 10.1. The molecule has 0 amide bonds. The van der Waals surface area contributed by atoms with Crippen LogP contribution in [0.5, 0.6) is 0 Å². The molecule has 2 atom stereocenters. The zero-order valence-corrected chi connectivity index (χ0v) is 10.7. The highest BCUT2D eigenvalue weighted by atomic mass is 14.6. The Morgan fingerprint density at radius 3 is 2.25 bits per heavy atom. The second-order valence-corrected chi connectivity index (χ2v) is 6.36. The first-order valence-electron chi connectivity index (χ1n) is 6.21. The summed E-state index contributed by atoms with van der Waals surface area (Å²) >= 11 is 0. The third-order valence-electron chi connectivity index (χ3n) is 5.59. The van der Waals surface area contributed by atoms with Gasteiger partial charge in [-0.05, 0) is 28.4 Å². The Bertz CT molecular complexity index is 470. The van der Waals surface area contributed by atoms with Gasteiger partial charge in [-0.1, -0.05) is 64.2 Å². The molecule has 0 N–H and O–H groups in total. The van der Waals surface area contributed by atoms with Crippen molar-refractivity contribution in [3.05, 3.63) is 47.6 Å². The summed E-state index contributed by atoms with van der Waals surface area (Å²) in [4.78, 5) is 0. The summed E-state index contributed by atoms with van der Waals surface area (Å²) in [6, 6.07) is 0. The Labute approximate surface area is 98.4 Å². The van der Waals surface area contributed by atoms with Crippen molar-refractivity contribution < 1.29 is 0 Å². The van der Waals surface area contributed by atoms with Gasteiger partial charge in [0.25, 0.3) is 0 Å². The largest absolute Gasteiger partial charge is 0.0798 e. The van der Waals surface area contributed by atoms with Gasteiger partial charge in [-0.3, -0.25) is 0 Å². The monoisotopic (exact) mass is 212 g/mol. The van der Waals surface area contributed by atoms with E-state index in [-0.39, 0.29) is 10.8 Å². The van der Waals surface area contributed by atoms with E-state index in [1.807, 2.05) is 0 Å². The van der Waals surface area contributed by atoms with Crippen LogP contribution < -0.4 is 0 Å². The highest BCUT2D eigenvalue weighted by Gasteiger charge is 2.61. The quantitative estimate of drug-likeness (QED) is 0.557. The maximum absolute atomic E-state index is 2.49. The van der Waals surface area contributed by atoms with Gasteiger partial charge in [0.2, 0.25) is 0 Å². The van der Waals surface area contributed by atoms with Crippen LogP contribution in [0.15, 0.2) is 47.6 Å². The average Bonchev–Trinajstić information content (AvgIpc) is 2.47. The molecule has 16 heavy (non-hydrogen) atoms. The van der Waals surface area contributed by atoms with Gasteiger partial charge in [-0.2, -0.15) is 0 Å². The topological polar surface area (TPSA) is 0 Å². The molecule has 0 aliphatic heterocycles. The fourth-order valence-electron chi connectivity index (χ4n) is 3.89. The first-order valence-corrected chi connectivity index (χ1v) is 6.21. The Morgan fingerprint density at radius 2 is 1.56 bits per heavy atom. The molecular formula is C16H20. The lowest BCUT2D eigenvalue weighted by Gasteiger charge is -2.46. The van der Waals surface area contributed by atoms with Gasteiger partial charge < -0.3 is 0 Å². The van der Waals surface area contributed by atoms with E-state index < -0.39 is 0 Å². The van der Waals surface area contributed by atoms with Crippen molar-refractivity contribution in [1.82, 2.24) is 0 Å². The van der Waals surface area contributed by atoms with Gasteiger partial charge in [-0.15, -0.1) is 0 Å². The molecule has 0 nitrogen and oxygen atoms in total. The minimum Gasteiger partial charge on any atom is -0.0798 e. The molecule has 0 aromatic carbocycles. The van der Waals surface area contributed by atoms with E-state index in [9.17, 15) is 0 Å². The fourth-order valence-corrected chi connectivity index (χ4v) is 3.89. The van der Waals surface area contributed by atoms with Gasteiger partial charge in [0, 0.05) is 5.41 Å². The smallest absolute Gasteiger partial charge is 0.0233 e. The summed E-state index contributed by atoms with van der Waals surface area (Å²) in [6.45, 7) is 9.64. The lowest BCUT2D eigenvalue weighted by atomic mass is 9.57. The van der Waals surface area contributed by atoms with Crippen LogP contribution >= 0.6 is 0 Å². The second-order valence-electron chi connectivity index (χ2n) is 6.36. The van der Waals surface area contributed by atoms with Crippen LogP contribution in [0, 0.1) is 16.2 Å². The summed E-state index contributed by atoms with van der Waals surface area (Å²) in [6.07, 6.45) is 15.1. The van der Waals surface area contributed by atoms with E-state index in [0.717, 1.165) is 0 Å². The van der Waals surface area contributed by atoms with Gasteiger partial charge in [-0.25, -0.2) is 0 Å². The molecule has 0 heterocycles. The summed E-state index contributed by atoms with van der Waals surface area (Å²) in [5.41, 5.74) is 3.86. The van der Waals surface area contributed by atoms with Crippen LogP contribution in [0.4, 0.5) is 0 Å². The Hall–Kier alpha value is -1.04. The minimum absolute atomic E-state index is 0.222. The van der Waals surface area contributed by atoms with E-state index in [2.05, 4.69) is 64.2 Å². The standard InChI is InChI=1S/C16H20/c1-14(2)11-13-8-6-5-7-12-9-10-15(14,3)16(12,13)4/h5-9,11H,10H2,1-4H3. The van der Waals surface area contributed by atoms with Crippen molar-refractivity contribution in [3.8, 4) is 0 Å². The minimum atomic E-state index is 0.222. The van der Waals surface area contributed by atoms with E-state index >= 15 is 0 Å². The van der Waals surface area contributed by atoms with Crippen LogP contribution in [0.1, 0.15) is 34.1 Å². The van der Waals surface area contributed by atoms with Gasteiger partial charge in [0.05, 0.1) is 0 Å². The average molecular weight is 212 g/mol. The molecule has 0 aromatic heterocycles. The highest BCUT2D eigenvalue weighted by molar-refractivity contribution is 5.55. The van der Waals surface area contributed by atoms with Crippen LogP contribution in [0.2, 0.25) is 0 Å². The lowest BCUT2D eigenvalue weighted by molar-refractivity contribution is 0.0792. The zero-order valence-electron chi connectivity index (χ0n) is 10.7. The van der Waals surface area contributed by atoms with Crippen LogP contribution in [-0.2, 0) is 0 Å². The fraction of sp³-hybridized carbons (Fsp3) is 0.500. The van der Waals surface area contributed by atoms with E-state index in [0.29, 0.717) is 5.41 Å². The van der Waals surface area contributed by atoms with Crippen molar-refractivity contribution in [3.63, 3.8) is 0 Å². The summed E-state index contributed by atoms with van der Waals surface area (Å²) in [7, 11) is 0. The van der Waals surface area contributed by atoms with Crippen molar-refractivity contribution in [2.75, 3.05) is 0 Å². The van der Waals surface area contributed by atoms with Crippen LogP contribution in [0.25, 0.3) is 0 Å². The number of rotatable bonds is 0. The lowest BCUT2D eigenvalue weighted by Crippen LogP contribution is -2.40. The molecule has 3 aliphatic rings. The molecule has 84 valence electrons. The summed E-state index contributed by atoms with van der Waals surface area (Å²) < 4.78 is 0. The van der Waals surface area contributed by atoms with Gasteiger partial charge in [0.1, 0.15) is 0 Å². The molecule has 0 heteroatoms.